The second-order valence-corrected chi connectivity index (χ2v) is 11.5. The molecule has 2 amide bonds. The first-order valence-electron chi connectivity index (χ1n) is 13.7. The van der Waals surface area contributed by atoms with Crippen LogP contribution in [0.1, 0.15) is 18.9 Å². The average molecular weight is 565 g/mol. The molecular formula is C31H34F2N4O2S. The molecule has 2 atom stereocenters. The number of thioether (sulfide) groups is 1. The molecule has 0 aromatic heterocycles. The number of benzene rings is 3. The molecule has 0 saturated carbocycles. The van der Waals surface area contributed by atoms with Crippen molar-refractivity contribution in [2.24, 2.45) is 5.92 Å². The van der Waals surface area contributed by atoms with E-state index in [0.29, 0.717) is 18.8 Å². The molecular weight excluding hydrogens is 530 g/mol. The van der Waals surface area contributed by atoms with Crippen molar-refractivity contribution >= 4 is 35.0 Å². The molecule has 6 nitrogen and oxygen atoms in total. The number of fused-ring (bicyclic) bond motifs is 1. The van der Waals surface area contributed by atoms with E-state index >= 15 is 0 Å². The molecule has 1 N–H and O–H groups in total. The first kappa shape index (κ1) is 28.1. The van der Waals surface area contributed by atoms with Crippen LogP contribution in [0.15, 0.2) is 77.7 Å². The van der Waals surface area contributed by atoms with Crippen molar-refractivity contribution in [1.82, 2.24) is 10.2 Å². The molecule has 0 bridgehead atoms. The van der Waals surface area contributed by atoms with E-state index in [1.807, 2.05) is 36.4 Å². The topological polar surface area (TPSA) is 55.9 Å². The SMILES string of the molecule is C[C@H](C(=O)NCCCN1CCN(c2ccccc2F)CC1)[C@H]1Sc2ccccc2N(Cc2ccc(F)cc2)C1=O. The lowest BCUT2D eigenvalue weighted by Gasteiger charge is -2.36. The highest BCUT2D eigenvalue weighted by Crippen LogP contribution is 2.42. The molecule has 0 unspecified atom stereocenters. The van der Waals surface area contributed by atoms with Gasteiger partial charge in [0.25, 0.3) is 0 Å². The molecule has 40 heavy (non-hydrogen) atoms. The third kappa shape index (κ3) is 6.47. The van der Waals surface area contributed by atoms with Gasteiger partial charge in [-0.3, -0.25) is 14.5 Å². The van der Waals surface area contributed by atoms with Crippen molar-refractivity contribution in [1.29, 1.82) is 0 Å². The van der Waals surface area contributed by atoms with Crippen LogP contribution in [0.4, 0.5) is 20.2 Å². The van der Waals surface area contributed by atoms with Gasteiger partial charge in [-0.15, -0.1) is 11.8 Å². The number of halogens is 2. The fourth-order valence-electron chi connectivity index (χ4n) is 5.22. The van der Waals surface area contributed by atoms with Gasteiger partial charge in [-0.25, -0.2) is 8.78 Å². The lowest BCUT2D eigenvalue weighted by atomic mass is 10.0. The molecule has 9 heteroatoms. The van der Waals surface area contributed by atoms with Crippen LogP contribution in [0.3, 0.4) is 0 Å². The number of para-hydroxylation sites is 2. The number of nitrogens with zero attached hydrogens (tertiary/aromatic N) is 3. The summed E-state index contributed by atoms with van der Waals surface area (Å²) in [5, 5.41) is 2.47. The molecule has 3 aromatic rings. The van der Waals surface area contributed by atoms with Crippen molar-refractivity contribution in [3.05, 3.63) is 90.0 Å². The first-order valence-corrected chi connectivity index (χ1v) is 14.6. The highest BCUT2D eigenvalue weighted by atomic mass is 32.2. The van der Waals surface area contributed by atoms with E-state index in [1.54, 1.807) is 30.0 Å². The van der Waals surface area contributed by atoms with Gasteiger partial charge in [-0.2, -0.15) is 0 Å². The van der Waals surface area contributed by atoms with Crippen LogP contribution in [0.5, 0.6) is 0 Å². The molecule has 210 valence electrons. The predicted octanol–water partition coefficient (Wildman–Crippen LogP) is 4.94. The van der Waals surface area contributed by atoms with Crippen LogP contribution in [-0.4, -0.2) is 61.2 Å². The van der Waals surface area contributed by atoms with E-state index < -0.39 is 11.2 Å². The van der Waals surface area contributed by atoms with Gasteiger partial charge >= 0.3 is 0 Å². The monoisotopic (exact) mass is 564 g/mol. The predicted molar refractivity (Wildman–Crippen MR) is 156 cm³/mol. The number of piperazine rings is 1. The molecule has 0 spiro atoms. The van der Waals surface area contributed by atoms with Gasteiger partial charge in [0.1, 0.15) is 16.9 Å². The van der Waals surface area contributed by atoms with E-state index in [4.69, 9.17) is 0 Å². The Balaban J connectivity index is 1.12. The molecule has 1 saturated heterocycles. The first-order chi connectivity index (χ1) is 19.4. The van der Waals surface area contributed by atoms with E-state index in [0.717, 1.165) is 55.3 Å². The minimum absolute atomic E-state index is 0.122. The third-order valence-corrected chi connectivity index (χ3v) is 9.02. The van der Waals surface area contributed by atoms with E-state index in [2.05, 4.69) is 15.1 Å². The summed E-state index contributed by atoms with van der Waals surface area (Å²) in [5.74, 6) is -1.30. The van der Waals surface area contributed by atoms with Gasteiger partial charge in [0.2, 0.25) is 11.8 Å². The molecule has 2 aliphatic rings. The van der Waals surface area contributed by atoms with Crippen LogP contribution in [0, 0.1) is 17.6 Å². The van der Waals surface area contributed by atoms with Gasteiger partial charge in [0.15, 0.2) is 0 Å². The lowest BCUT2D eigenvalue weighted by Crippen LogP contribution is -2.48. The average Bonchev–Trinajstić information content (AvgIpc) is 2.98. The van der Waals surface area contributed by atoms with Crippen molar-refractivity contribution in [3.8, 4) is 0 Å². The van der Waals surface area contributed by atoms with Crippen LogP contribution in [0.2, 0.25) is 0 Å². The van der Waals surface area contributed by atoms with Crippen LogP contribution < -0.4 is 15.1 Å². The Morgan fingerprint density at radius 1 is 0.950 bits per heavy atom. The number of amides is 2. The number of hydrogen-bond donors (Lipinski definition) is 1. The summed E-state index contributed by atoms with van der Waals surface area (Å²) < 4.78 is 27.5. The Hall–Kier alpha value is -3.43. The highest BCUT2D eigenvalue weighted by Gasteiger charge is 2.39. The van der Waals surface area contributed by atoms with E-state index in [-0.39, 0.29) is 23.4 Å². The maximum atomic E-state index is 14.1. The lowest BCUT2D eigenvalue weighted by molar-refractivity contribution is -0.128. The maximum Gasteiger partial charge on any atom is 0.241 e. The van der Waals surface area contributed by atoms with Crippen molar-refractivity contribution < 1.29 is 18.4 Å². The van der Waals surface area contributed by atoms with Gasteiger partial charge in [0.05, 0.1) is 23.8 Å². The minimum atomic E-state index is -0.554. The van der Waals surface area contributed by atoms with E-state index in [9.17, 15) is 18.4 Å². The van der Waals surface area contributed by atoms with Gasteiger partial charge in [-0.1, -0.05) is 43.3 Å². The standard InChI is InChI=1S/C31H34F2N4O2S/c1-22(30(38)34-15-6-16-35-17-19-36(20-18-35)26-8-3-2-7-25(26)33)29-31(39)37(21-23-11-13-24(32)14-12-23)27-9-4-5-10-28(27)40-29/h2-5,7-14,22,29H,6,15-21H2,1H3,(H,34,38)/t22-,29+/m0/s1. The summed E-state index contributed by atoms with van der Waals surface area (Å²) in [6, 6.07) is 20.7. The Labute approximate surface area is 238 Å². The number of carbonyl (C=O) groups is 2. The summed E-state index contributed by atoms with van der Waals surface area (Å²) >= 11 is 1.43. The Morgan fingerprint density at radius 2 is 1.62 bits per heavy atom. The van der Waals surface area contributed by atoms with Gasteiger partial charge < -0.3 is 15.1 Å². The largest absolute Gasteiger partial charge is 0.367 e. The molecule has 0 radical (unpaired) electrons. The fraction of sp³-hybridized carbons (Fsp3) is 0.355. The molecule has 3 aromatic carbocycles. The van der Waals surface area contributed by atoms with Crippen LogP contribution in [0.25, 0.3) is 0 Å². The zero-order valence-corrected chi connectivity index (χ0v) is 23.4. The third-order valence-electron chi connectivity index (χ3n) is 7.56. The Kier molecular flexibility index (Phi) is 9.01. The van der Waals surface area contributed by atoms with Crippen molar-refractivity contribution in [2.75, 3.05) is 49.1 Å². The molecule has 0 aliphatic carbocycles. The maximum absolute atomic E-state index is 14.1. The molecule has 1 fully saturated rings. The number of carbonyl (C=O) groups excluding carboxylic acids is 2. The second kappa shape index (κ2) is 12.8. The van der Waals surface area contributed by atoms with Crippen molar-refractivity contribution in [3.63, 3.8) is 0 Å². The number of nitrogens with one attached hydrogen (secondary N) is 1. The smallest absolute Gasteiger partial charge is 0.241 e. The van der Waals surface area contributed by atoms with Crippen LogP contribution in [-0.2, 0) is 16.1 Å². The Morgan fingerprint density at radius 3 is 2.35 bits per heavy atom. The molecule has 5 rings (SSSR count). The summed E-state index contributed by atoms with van der Waals surface area (Å²) in [7, 11) is 0. The quantitative estimate of drug-likeness (QED) is 0.374. The zero-order chi connectivity index (χ0) is 28.1. The zero-order valence-electron chi connectivity index (χ0n) is 22.6. The number of hydrogen-bond acceptors (Lipinski definition) is 5. The molecule has 2 aliphatic heterocycles. The summed E-state index contributed by atoms with van der Waals surface area (Å²) in [6.07, 6.45) is 0.795. The van der Waals surface area contributed by atoms with Crippen molar-refractivity contribution in [2.45, 2.75) is 30.0 Å². The van der Waals surface area contributed by atoms with Crippen LogP contribution >= 0.6 is 11.8 Å². The molecule has 2 heterocycles. The minimum Gasteiger partial charge on any atom is -0.367 e. The van der Waals surface area contributed by atoms with Gasteiger partial charge in [0, 0.05) is 37.6 Å². The fourth-order valence-corrected chi connectivity index (χ4v) is 6.51. The summed E-state index contributed by atoms with van der Waals surface area (Å²) in [4.78, 5) is 33.8. The Bertz CT molecular complexity index is 1330. The summed E-state index contributed by atoms with van der Waals surface area (Å²) in [6.45, 7) is 6.70. The number of rotatable bonds is 9. The van der Waals surface area contributed by atoms with Gasteiger partial charge in [-0.05, 0) is 54.9 Å². The highest BCUT2D eigenvalue weighted by molar-refractivity contribution is 8.01. The second-order valence-electron chi connectivity index (χ2n) is 10.3. The summed E-state index contributed by atoms with van der Waals surface area (Å²) in [5.41, 5.74) is 2.28. The number of anilines is 2. The normalized spacial score (nSPS) is 18.4. The van der Waals surface area contributed by atoms with E-state index in [1.165, 1.54) is 30.0 Å².